The van der Waals surface area contributed by atoms with E-state index in [2.05, 4.69) is 15.4 Å². The van der Waals surface area contributed by atoms with Crippen molar-refractivity contribution in [3.8, 4) is 0 Å². The number of aromatic nitrogens is 1. The zero-order chi connectivity index (χ0) is 22.0. The van der Waals surface area contributed by atoms with Gasteiger partial charge in [-0.1, -0.05) is 0 Å². The number of hydrogen-bond donors (Lipinski definition) is 3. The molecule has 2 heterocycles. The van der Waals surface area contributed by atoms with Gasteiger partial charge in [-0.05, 0) is 69.2 Å². The summed E-state index contributed by atoms with van der Waals surface area (Å²) in [5.74, 6) is -0.391. The minimum absolute atomic E-state index is 0.0992. The number of benzene rings is 1. The fourth-order valence-electron chi connectivity index (χ4n) is 4.55. The summed E-state index contributed by atoms with van der Waals surface area (Å²) in [5.41, 5.74) is 0.979. The Morgan fingerprint density at radius 3 is 2.65 bits per heavy atom. The van der Waals surface area contributed by atoms with Gasteiger partial charge in [0.1, 0.15) is 6.04 Å². The predicted octanol–water partition coefficient (Wildman–Crippen LogP) is 1.80. The number of sulfonamides is 1. The van der Waals surface area contributed by atoms with E-state index in [4.69, 9.17) is 0 Å². The van der Waals surface area contributed by atoms with Crippen LogP contribution in [0.2, 0.25) is 0 Å². The highest BCUT2D eigenvalue weighted by Crippen LogP contribution is 2.27. The van der Waals surface area contributed by atoms with Crippen molar-refractivity contribution in [2.24, 2.45) is 13.0 Å². The minimum atomic E-state index is -3.63. The molecule has 168 valence electrons. The van der Waals surface area contributed by atoms with E-state index in [1.807, 2.05) is 29.9 Å². The highest BCUT2D eigenvalue weighted by Gasteiger charge is 2.31. The van der Waals surface area contributed by atoms with E-state index < -0.39 is 16.1 Å². The zero-order valence-electron chi connectivity index (χ0n) is 17.8. The first kappa shape index (κ1) is 21.8. The Morgan fingerprint density at radius 2 is 1.87 bits per heavy atom. The van der Waals surface area contributed by atoms with E-state index in [1.165, 1.54) is 0 Å². The normalized spacial score (nSPS) is 25.1. The molecule has 0 radical (unpaired) electrons. The van der Waals surface area contributed by atoms with Gasteiger partial charge in [-0.25, -0.2) is 13.1 Å². The number of amides is 2. The van der Waals surface area contributed by atoms with Gasteiger partial charge in [0.05, 0.1) is 4.90 Å². The molecule has 0 spiro atoms. The Morgan fingerprint density at radius 1 is 1.10 bits per heavy atom. The summed E-state index contributed by atoms with van der Waals surface area (Å²) in [5, 5.41) is 6.61. The van der Waals surface area contributed by atoms with Crippen molar-refractivity contribution in [1.82, 2.24) is 19.9 Å². The SMILES string of the molecule is Cn1ccc2cc(S(=O)(=O)N[C@H]3CC[C@H](C(=O)N[C@H]4CCCCNC4=O)CC3)ccc21. The maximum Gasteiger partial charge on any atom is 0.242 e. The van der Waals surface area contributed by atoms with Gasteiger partial charge in [-0.2, -0.15) is 0 Å². The molecular weight excluding hydrogens is 416 g/mol. The molecule has 1 atom stereocenters. The van der Waals surface area contributed by atoms with E-state index >= 15 is 0 Å². The molecule has 2 fully saturated rings. The Labute approximate surface area is 182 Å². The van der Waals surface area contributed by atoms with Crippen molar-refractivity contribution in [3.63, 3.8) is 0 Å². The second-order valence-corrected chi connectivity index (χ2v) is 10.4. The van der Waals surface area contributed by atoms with E-state index in [9.17, 15) is 18.0 Å². The van der Waals surface area contributed by atoms with Crippen LogP contribution in [0, 0.1) is 5.92 Å². The minimum Gasteiger partial charge on any atom is -0.354 e. The van der Waals surface area contributed by atoms with Crippen molar-refractivity contribution in [2.75, 3.05) is 6.54 Å². The van der Waals surface area contributed by atoms with Gasteiger partial charge in [0.25, 0.3) is 0 Å². The third kappa shape index (κ3) is 4.93. The van der Waals surface area contributed by atoms with Crippen molar-refractivity contribution in [2.45, 2.75) is 61.9 Å². The number of nitrogens with one attached hydrogen (secondary N) is 3. The lowest BCUT2D eigenvalue weighted by atomic mass is 9.85. The molecule has 1 aromatic carbocycles. The van der Waals surface area contributed by atoms with Crippen LogP contribution < -0.4 is 15.4 Å². The molecule has 2 aromatic rings. The van der Waals surface area contributed by atoms with Crippen LogP contribution in [-0.2, 0) is 26.7 Å². The Kier molecular flexibility index (Phi) is 6.34. The second kappa shape index (κ2) is 9.00. The average Bonchev–Trinajstić information content (AvgIpc) is 3.00. The number of nitrogens with zero attached hydrogens (tertiary/aromatic N) is 1. The lowest BCUT2D eigenvalue weighted by molar-refractivity contribution is -0.131. The summed E-state index contributed by atoms with van der Waals surface area (Å²) in [4.78, 5) is 24.9. The summed E-state index contributed by atoms with van der Waals surface area (Å²) in [6.45, 7) is 0.660. The van der Waals surface area contributed by atoms with Crippen LogP contribution >= 0.6 is 0 Å². The lowest BCUT2D eigenvalue weighted by Gasteiger charge is -2.29. The summed E-state index contributed by atoms with van der Waals surface area (Å²) in [6.07, 6.45) is 6.81. The van der Waals surface area contributed by atoms with Crippen molar-refractivity contribution in [3.05, 3.63) is 30.5 Å². The number of fused-ring (bicyclic) bond motifs is 1. The standard InChI is InChI=1S/C22H30N4O4S/c1-26-13-11-16-14-18(9-10-20(16)26)31(29,30)25-17-7-5-15(6-8-17)21(27)24-19-4-2-3-12-23-22(19)28/h9-11,13-15,17,19,25H,2-8,12H2,1H3,(H,23,28)(H,24,27)/t15-,17-,19-/m0/s1. The summed E-state index contributed by atoms with van der Waals surface area (Å²) in [6, 6.07) is 6.37. The van der Waals surface area contributed by atoms with Crippen LogP contribution in [-0.4, -0.2) is 43.4 Å². The second-order valence-electron chi connectivity index (χ2n) is 8.67. The van der Waals surface area contributed by atoms with E-state index in [-0.39, 0.29) is 28.7 Å². The quantitative estimate of drug-likeness (QED) is 0.651. The van der Waals surface area contributed by atoms with Crippen LogP contribution in [0.4, 0.5) is 0 Å². The molecule has 2 aliphatic rings. The molecule has 1 aromatic heterocycles. The smallest absolute Gasteiger partial charge is 0.242 e. The molecule has 1 aliphatic heterocycles. The lowest BCUT2D eigenvalue weighted by Crippen LogP contribution is -2.48. The summed E-state index contributed by atoms with van der Waals surface area (Å²) < 4.78 is 30.5. The summed E-state index contributed by atoms with van der Waals surface area (Å²) >= 11 is 0. The molecule has 31 heavy (non-hydrogen) atoms. The Hall–Kier alpha value is -2.39. The van der Waals surface area contributed by atoms with Crippen LogP contribution in [0.5, 0.6) is 0 Å². The predicted molar refractivity (Wildman–Crippen MR) is 118 cm³/mol. The molecular formula is C22H30N4O4S. The first-order valence-electron chi connectivity index (χ1n) is 11.0. The maximum absolute atomic E-state index is 12.9. The molecule has 0 bridgehead atoms. The van der Waals surface area contributed by atoms with Gasteiger partial charge in [-0.15, -0.1) is 0 Å². The van der Waals surface area contributed by atoms with E-state index in [1.54, 1.807) is 12.1 Å². The molecule has 3 N–H and O–H groups in total. The van der Waals surface area contributed by atoms with Crippen LogP contribution in [0.3, 0.4) is 0 Å². The topological polar surface area (TPSA) is 109 Å². The molecule has 1 aliphatic carbocycles. The summed E-state index contributed by atoms with van der Waals surface area (Å²) in [7, 11) is -1.70. The fourth-order valence-corrected chi connectivity index (χ4v) is 5.89. The molecule has 1 saturated carbocycles. The highest BCUT2D eigenvalue weighted by atomic mass is 32.2. The van der Waals surface area contributed by atoms with E-state index in [0.717, 1.165) is 23.7 Å². The van der Waals surface area contributed by atoms with Gasteiger partial charge < -0.3 is 15.2 Å². The van der Waals surface area contributed by atoms with Crippen LogP contribution in [0.1, 0.15) is 44.9 Å². The first-order chi connectivity index (χ1) is 14.8. The van der Waals surface area contributed by atoms with Gasteiger partial charge in [-0.3, -0.25) is 9.59 Å². The number of aryl methyl sites for hydroxylation is 1. The van der Waals surface area contributed by atoms with Gasteiger partial charge >= 0.3 is 0 Å². The molecule has 9 heteroatoms. The Bertz CT molecular complexity index is 1070. The largest absolute Gasteiger partial charge is 0.354 e. The molecule has 2 amide bonds. The fraction of sp³-hybridized carbons (Fsp3) is 0.545. The molecule has 1 saturated heterocycles. The Balaban J connectivity index is 1.32. The maximum atomic E-state index is 12.9. The molecule has 4 rings (SSSR count). The number of rotatable bonds is 5. The zero-order valence-corrected chi connectivity index (χ0v) is 18.6. The van der Waals surface area contributed by atoms with Gasteiger partial charge in [0.15, 0.2) is 0 Å². The third-order valence-corrected chi connectivity index (χ3v) is 7.96. The van der Waals surface area contributed by atoms with Crippen molar-refractivity contribution < 1.29 is 18.0 Å². The van der Waals surface area contributed by atoms with E-state index in [0.29, 0.717) is 38.6 Å². The number of carbonyl (C=O) groups excluding carboxylic acids is 2. The first-order valence-corrected chi connectivity index (χ1v) is 12.5. The average molecular weight is 447 g/mol. The monoisotopic (exact) mass is 446 g/mol. The number of carbonyl (C=O) groups is 2. The third-order valence-electron chi connectivity index (χ3n) is 6.44. The number of hydrogen-bond acceptors (Lipinski definition) is 4. The molecule has 0 unspecified atom stereocenters. The van der Waals surface area contributed by atoms with Crippen LogP contribution in [0.15, 0.2) is 35.4 Å². The van der Waals surface area contributed by atoms with Crippen molar-refractivity contribution in [1.29, 1.82) is 0 Å². The van der Waals surface area contributed by atoms with Crippen molar-refractivity contribution >= 4 is 32.7 Å². The highest BCUT2D eigenvalue weighted by molar-refractivity contribution is 7.89. The van der Waals surface area contributed by atoms with Gasteiger partial charge in [0.2, 0.25) is 21.8 Å². The van der Waals surface area contributed by atoms with Crippen LogP contribution in [0.25, 0.3) is 10.9 Å². The van der Waals surface area contributed by atoms with Gasteiger partial charge in [0, 0.05) is 42.7 Å². The molecule has 8 nitrogen and oxygen atoms in total.